The molecule has 2 atom stereocenters. The first-order chi connectivity index (χ1) is 17.5. The molecule has 0 saturated carbocycles. The summed E-state index contributed by atoms with van der Waals surface area (Å²) in [5, 5.41) is 9.74. The van der Waals surface area contributed by atoms with Gasteiger partial charge in [0.25, 0.3) is 6.01 Å². The van der Waals surface area contributed by atoms with Crippen LogP contribution in [0, 0.1) is 25.7 Å². The Morgan fingerprint density at radius 3 is 2.56 bits per heavy atom. The Morgan fingerprint density at radius 1 is 1.08 bits per heavy atom. The number of carboxylic acids is 1. The van der Waals surface area contributed by atoms with Crippen LogP contribution in [0.4, 0.5) is 6.01 Å². The van der Waals surface area contributed by atoms with Gasteiger partial charge >= 0.3 is 5.97 Å². The van der Waals surface area contributed by atoms with Crippen LogP contribution in [0.3, 0.4) is 0 Å². The maximum absolute atomic E-state index is 11.9. The van der Waals surface area contributed by atoms with Crippen LogP contribution in [-0.2, 0) is 17.6 Å². The first kappa shape index (κ1) is 23.7. The zero-order valence-corrected chi connectivity index (χ0v) is 20.4. The van der Waals surface area contributed by atoms with Gasteiger partial charge in [-0.25, -0.2) is 4.98 Å². The van der Waals surface area contributed by atoms with Gasteiger partial charge in [-0.05, 0) is 56.0 Å². The molecule has 0 radical (unpaired) electrons. The lowest BCUT2D eigenvalue weighted by Crippen LogP contribution is -2.24. The molecule has 4 aromatic rings. The molecule has 0 spiro atoms. The van der Waals surface area contributed by atoms with Gasteiger partial charge in [-0.15, -0.1) is 0 Å². The fraction of sp³-hybridized carbons (Fsp3) is 0.321. The molecule has 0 unspecified atom stereocenters. The Balaban J connectivity index is 1.16. The minimum atomic E-state index is -0.788. The van der Waals surface area contributed by atoms with Crippen LogP contribution in [0.15, 0.2) is 69.7 Å². The number of ether oxygens (including phenoxy) is 1. The van der Waals surface area contributed by atoms with E-state index in [1.807, 2.05) is 73.3 Å². The van der Waals surface area contributed by atoms with Gasteiger partial charge in [0.05, 0.1) is 23.9 Å². The number of carbonyl (C=O) groups is 1. The predicted octanol–water partition coefficient (Wildman–Crippen LogP) is 4.95. The monoisotopic (exact) mass is 487 g/mol. The third kappa shape index (κ3) is 5.27. The SMILES string of the molecule is Cc1coc(N2C[C@@H](Cc3ccc(OCCc4nc(-c5ccccc5)oc4C)cc3)[C@@H](C(=O)O)C2)n1. The third-order valence-electron chi connectivity index (χ3n) is 6.58. The van der Waals surface area contributed by atoms with Crippen LogP contribution in [0.1, 0.15) is 22.7 Å². The van der Waals surface area contributed by atoms with Gasteiger partial charge in [-0.1, -0.05) is 30.3 Å². The summed E-state index contributed by atoms with van der Waals surface area (Å²) in [6.45, 7) is 5.25. The van der Waals surface area contributed by atoms with Gasteiger partial charge in [0.1, 0.15) is 17.8 Å². The minimum absolute atomic E-state index is 0.0320. The standard InChI is InChI=1S/C28H29N3O5/c1-18-17-35-28(29-18)31-15-22(24(16-31)27(32)33)14-20-8-10-23(11-9-20)34-13-12-25-19(2)36-26(30-25)21-6-4-3-5-7-21/h3-11,17,22,24H,12-16H2,1-2H3,(H,32,33)/t22-,24+/m1/s1. The predicted molar refractivity (Wildman–Crippen MR) is 134 cm³/mol. The molecule has 3 heterocycles. The number of carboxylic acid groups (broad SMARTS) is 1. The zero-order chi connectivity index (χ0) is 25.1. The molecule has 1 N–H and O–H groups in total. The lowest BCUT2D eigenvalue weighted by molar-refractivity contribution is -0.142. The van der Waals surface area contributed by atoms with Crippen molar-refractivity contribution in [3.63, 3.8) is 0 Å². The van der Waals surface area contributed by atoms with Crippen LogP contribution in [0.25, 0.3) is 11.5 Å². The van der Waals surface area contributed by atoms with Crippen molar-refractivity contribution in [3.05, 3.63) is 83.6 Å². The highest BCUT2D eigenvalue weighted by Crippen LogP contribution is 2.31. The van der Waals surface area contributed by atoms with E-state index in [1.165, 1.54) is 0 Å². The molecular weight excluding hydrogens is 458 g/mol. The number of aryl methyl sites for hydroxylation is 2. The van der Waals surface area contributed by atoms with Gasteiger partial charge < -0.3 is 23.6 Å². The second-order valence-electron chi connectivity index (χ2n) is 9.22. The first-order valence-corrected chi connectivity index (χ1v) is 12.1. The third-order valence-corrected chi connectivity index (χ3v) is 6.58. The number of oxazole rings is 2. The Morgan fingerprint density at radius 2 is 1.86 bits per heavy atom. The molecule has 1 aliphatic rings. The van der Waals surface area contributed by atoms with E-state index >= 15 is 0 Å². The van der Waals surface area contributed by atoms with Gasteiger partial charge in [0, 0.05) is 25.1 Å². The van der Waals surface area contributed by atoms with Crippen molar-refractivity contribution in [2.75, 3.05) is 24.6 Å². The zero-order valence-electron chi connectivity index (χ0n) is 20.4. The number of anilines is 1. The van der Waals surface area contributed by atoms with E-state index in [-0.39, 0.29) is 5.92 Å². The van der Waals surface area contributed by atoms with Crippen molar-refractivity contribution in [2.45, 2.75) is 26.7 Å². The summed E-state index contributed by atoms with van der Waals surface area (Å²) in [7, 11) is 0. The van der Waals surface area contributed by atoms with E-state index < -0.39 is 11.9 Å². The molecular formula is C28H29N3O5. The second kappa shape index (κ2) is 10.3. The number of hydrogen-bond acceptors (Lipinski definition) is 7. The summed E-state index contributed by atoms with van der Waals surface area (Å²) in [4.78, 5) is 22.8. The van der Waals surface area contributed by atoms with Crippen molar-refractivity contribution in [2.24, 2.45) is 11.8 Å². The number of aromatic nitrogens is 2. The fourth-order valence-corrected chi connectivity index (χ4v) is 4.66. The number of benzene rings is 2. The number of aliphatic carboxylic acids is 1. The minimum Gasteiger partial charge on any atom is -0.493 e. The lowest BCUT2D eigenvalue weighted by Gasteiger charge is -2.15. The fourth-order valence-electron chi connectivity index (χ4n) is 4.66. The molecule has 0 aliphatic carbocycles. The maximum atomic E-state index is 11.9. The summed E-state index contributed by atoms with van der Waals surface area (Å²) < 4.78 is 17.2. The van der Waals surface area contributed by atoms with E-state index in [0.717, 1.165) is 34.0 Å². The van der Waals surface area contributed by atoms with Gasteiger partial charge in [0.15, 0.2) is 0 Å². The average Bonchev–Trinajstić information content (AvgIpc) is 3.59. The molecule has 2 aromatic carbocycles. The largest absolute Gasteiger partial charge is 0.493 e. The second-order valence-corrected chi connectivity index (χ2v) is 9.22. The van der Waals surface area contributed by atoms with E-state index in [9.17, 15) is 9.90 Å². The molecule has 1 saturated heterocycles. The average molecular weight is 488 g/mol. The highest BCUT2D eigenvalue weighted by atomic mass is 16.5. The van der Waals surface area contributed by atoms with Crippen LogP contribution in [-0.4, -0.2) is 40.7 Å². The Labute approximate surface area is 209 Å². The van der Waals surface area contributed by atoms with Crippen LogP contribution >= 0.6 is 0 Å². The Kier molecular flexibility index (Phi) is 6.75. The smallest absolute Gasteiger partial charge is 0.308 e. The van der Waals surface area contributed by atoms with Crippen LogP contribution in [0.2, 0.25) is 0 Å². The molecule has 2 aromatic heterocycles. The van der Waals surface area contributed by atoms with E-state index in [1.54, 1.807) is 6.26 Å². The summed E-state index contributed by atoms with van der Waals surface area (Å²) >= 11 is 0. The Hall–Kier alpha value is -4.07. The highest BCUT2D eigenvalue weighted by Gasteiger charge is 2.39. The molecule has 36 heavy (non-hydrogen) atoms. The van der Waals surface area contributed by atoms with Crippen molar-refractivity contribution in [1.29, 1.82) is 0 Å². The van der Waals surface area contributed by atoms with Crippen molar-refractivity contribution < 1.29 is 23.5 Å². The molecule has 8 nitrogen and oxygen atoms in total. The summed E-state index contributed by atoms with van der Waals surface area (Å²) in [6, 6.07) is 18.2. The van der Waals surface area contributed by atoms with E-state index in [0.29, 0.717) is 44.4 Å². The quantitative estimate of drug-likeness (QED) is 0.354. The van der Waals surface area contributed by atoms with Crippen LogP contribution < -0.4 is 9.64 Å². The van der Waals surface area contributed by atoms with E-state index in [2.05, 4.69) is 9.97 Å². The molecule has 1 fully saturated rings. The van der Waals surface area contributed by atoms with Crippen molar-refractivity contribution in [3.8, 4) is 17.2 Å². The number of rotatable bonds is 9. The molecule has 186 valence electrons. The van der Waals surface area contributed by atoms with Crippen molar-refractivity contribution in [1.82, 2.24) is 9.97 Å². The van der Waals surface area contributed by atoms with Crippen LogP contribution in [0.5, 0.6) is 5.75 Å². The maximum Gasteiger partial charge on any atom is 0.308 e. The van der Waals surface area contributed by atoms with Crippen molar-refractivity contribution >= 4 is 12.0 Å². The highest BCUT2D eigenvalue weighted by molar-refractivity contribution is 5.72. The number of hydrogen-bond donors (Lipinski definition) is 1. The topological polar surface area (TPSA) is 102 Å². The summed E-state index contributed by atoms with van der Waals surface area (Å²) in [5.41, 5.74) is 3.70. The van der Waals surface area contributed by atoms with Gasteiger partial charge in [-0.3, -0.25) is 4.79 Å². The number of nitrogens with zero attached hydrogens (tertiary/aromatic N) is 3. The lowest BCUT2D eigenvalue weighted by atomic mass is 9.90. The van der Waals surface area contributed by atoms with Gasteiger partial charge in [-0.2, -0.15) is 4.98 Å². The normalized spacial score (nSPS) is 17.4. The van der Waals surface area contributed by atoms with Gasteiger partial charge in [0.2, 0.25) is 5.89 Å². The molecule has 0 bridgehead atoms. The summed E-state index contributed by atoms with van der Waals surface area (Å²) in [5.74, 6) is 0.891. The molecule has 8 heteroatoms. The van der Waals surface area contributed by atoms with E-state index in [4.69, 9.17) is 13.6 Å². The summed E-state index contributed by atoms with van der Waals surface area (Å²) in [6.07, 6.45) is 2.89. The molecule has 1 aliphatic heterocycles. The molecule has 0 amide bonds. The Bertz CT molecular complexity index is 1310. The first-order valence-electron chi connectivity index (χ1n) is 12.1. The molecule has 5 rings (SSSR count).